The van der Waals surface area contributed by atoms with E-state index in [2.05, 4.69) is 66.7 Å². The molecule has 0 saturated heterocycles. The van der Waals surface area contributed by atoms with Gasteiger partial charge >= 0.3 is 5.97 Å². The van der Waals surface area contributed by atoms with Crippen molar-refractivity contribution in [2.75, 3.05) is 13.2 Å². The van der Waals surface area contributed by atoms with Gasteiger partial charge in [-0.3, -0.25) is 4.79 Å². The summed E-state index contributed by atoms with van der Waals surface area (Å²) in [6, 6.07) is 16.1. The summed E-state index contributed by atoms with van der Waals surface area (Å²) in [5.41, 5.74) is 2.24. The second kappa shape index (κ2) is 14.1. The Kier molecular flexibility index (Phi) is 11.3. The second-order valence-corrected chi connectivity index (χ2v) is 14.0. The number of aryl methyl sites for hydroxylation is 1. The second-order valence-electron chi connectivity index (χ2n) is 14.0. The number of aliphatic hydroxyl groups excluding tert-OH is 2. The summed E-state index contributed by atoms with van der Waals surface area (Å²) in [6.45, 7) is 17.4. The lowest BCUT2D eigenvalue weighted by Crippen LogP contribution is -2.44. The first-order valence-electron chi connectivity index (χ1n) is 15.4. The molecule has 0 spiro atoms. The van der Waals surface area contributed by atoms with E-state index in [4.69, 9.17) is 13.9 Å². The molecule has 0 saturated carbocycles. The van der Waals surface area contributed by atoms with Crippen LogP contribution in [-0.4, -0.2) is 41.6 Å². The summed E-state index contributed by atoms with van der Waals surface area (Å²) >= 11 is 0. The number of furan rings is 1. The van der Waals surface area contributed by atoms with E-state index in [0.717, 1.165) is 35.1 Å². The van der Waals surface area contributed by atoms with Gasteiger partial charge in [0.15, 0.2) is 0 Å². The van der Waals surface area contributed by atoms with Gasteiger partial charge in [0.1, 0.15) is 17.1 Å². The summed E-state index contributed by atoms with van der Waals surface area (Å²) in [5.74, 6) is 1.35. The Hall–Kier alpha value is -2.83. The molecule has 1 aromatic heterocycles. The van der Waals surface area contributed by atoms with Gasteiger partial charge in [-0.05, 0) is 80.0 Å². The van der Waals surface area contributed by atoms with Crippen LogP contribution in [0.25, 0.3) is 22.3 Å². The topological polar surface area (TPSA) is 89.1 Å². The van der Waals surface area contributed by atoms with Gasteiger partial charge in [-0.25, -0.2) is 0 Å². The van der Waals surface area contributed by atoms with E-state index in [-0.39, 0.29) is 23.4 Å². The first-order chi connectivity index (χ1) is 19.6. The van der Waals surface area contributed by atoms with Crippen molar-refractivity contribution in [1.29, 1.82) is 0 Å². The summed E-state index contributed by atoms with van der Waals surface area (Å²) in [5, 5.41) is 21.9. The van der Waals surface area contributed by atoms with Gasteiger partial charge < -0.3 is 24.1 Å². The molecule has 2 N–H and O–H groups in total. The number of benzene rings is 2. The summed E-state index contributed by atoms with van der Waals surface area (Å²) < 4.78 is 17.7. The molecule has 42 heavy (non-hydrogen) atoms. The van der Waals surface area contributed by atoms with Gasteiger partial charge in [0, 0.05) is 17.0 Å². The third kappa shape index (κ3) is 8.84. The molecule has 0 fully saturated rings. The minimum atomic E-state index is -0.879. The SMILES string of the molecule is CCc1ccccc1-c1cc2ccc(OCCCC(O)C(O)CCCOC(=O)C(C)(CC(C)(C)C)C(C)(C)C)cc2o1. The standard InChI is InChI=1S/C36H52O6/c1-9-25-14-10-11-15-28(25)32-22-26-18-19-27(23-31(26)42-32)40-20-12-16-29(37)30(38)17-13-21-41-33(39)36(8,35(5,6)7)24-34(2,3)4/h10-11,14-15,18-19,22-23,29-30,37-38H,9,12-13,16-17,20-21,24H2,1-8H3. The van der Waals surface area contributed by atoms with Crippen molar-refractivity contribution in [3.05, 3.63) is 54.1 Å². The molecule has 0 amide bonds. The van der Waals surface area contributed by atoms with E-state index in [1.807, 2.05) is 37.3 Å². The van der Waals surface area contributed by atoms with Gasteiger partial charge in [0.2, 0.25) is 0 Å². The molecule has 1 heterocycles. The Balaban J connectivity index is 1.41. The maximum absolute atomic E-state index is 13.1. The Morgan fingerprint density at radius 3 is 2.14 bits per heavy atom. The highest BCUT2D eigenvalue weighted by molar-refractivity contribution is 5.84. The number of hydrogen-bond acceptors (Lipinski definition) is 6. The number of hydrogen-bond donors (Lipinski definition) is 2. The molecule has 3 unspecified atom stereocenters. The molecular formula is C36H52O6. The zero-order valence-electron chi connectivity index (χ0n) is 27.0. The van der Waals surface area contributed by atoms with Gasteiger partial charge in [-0.2, -0.15) is 0 Å². The Morgan fingerprint density at radius 1 is 0.881 bits per heavy atom. The number of carbonyl (C=O) groups excluding carboxylic acids is 1. The number of aliphatic hydroxyl groups is 2. The van der Waals surface area contributed by atoms with Crippen LogP contribution in [0.15, 0.2) is 52.9 Å². The smallest absolute Gasteiger partial charge is 0.312 e. The number of ether oxygens (including phenoxy) is 2. The van der Waals surface area contributed by atoms with Crippen LogP contribution in [-0.2, 0) is 16.0 Å². The van der Waals surface area contributed by atoms with Crippen molar-refractivity contribution in [1.82, 2.24) is 0 Å². The molecule has 2 aromatic carbocycles. The molecule has 3 atom stereocenters. The highest BCUT2D eigenvalue weighted by Gasteiger charge is 2.47. The molecule has 3 rings (SSSR count). The predicted octanol–water partition coefficient (Wildman–Crippen LogP) is 8.36. The van der Waals surface area contributed by atoms with E-state index >= 15 is 0 Å². The van der Waals surface area contributed by atoms with Crippen LogP contribution >= 0.6 is 0 Å². The number of esters is 1. The monoisotopic (exact) mass is 580 g/mol. The number of carbonyl (C=O) groups is 1. The average molecular weight is 581 g/mol. The Bertz CT molecular complexity index is 1290. The molecule has 6 heteroatoms. The molecule has 3 aromatic rings. The number of rotatable bonds is 14. The first kappa shape index (κ1) is 33.7. The van der Waals surface area contributed by atoms with Crippen LogP contribution in [0.4, 0.5) is 0 Å². The molecule has 232 valence electrons. The van der Waals surface area contributed by atoms with Gasteiger partial charge in [0.25, 0.3) is 0 Å². The largest absolute Gasteiger partial charge is 0.493 e. The third-order valence-corrected chi connectivity index (χ3v) is 8.38. The summed E-state index contributed by atoms with van der Waals surface area (Å²) in [7, 11) is 0. The Labute approximate surface area is 252 Å². The predicted molar refractivity (Wildman–Crippen MR) is 170 cm³/mol. The fourth-order valence-corrected chi connectivity index (χ4v) is 5.49. The molecule has 0 bridgehead atoms. The minimum Gasteiger partial charge on any atom is -0.493 e. The normalized spacial score (nSPS) is 15.3. The summed E-state index contributed by atoms with van der Waals surface area (Å²) in [4.78, 5) is 13.1. The lowest BCUT2D eigenvalue weighted by molar-refractivity contribution is -0.165. The van der Waals surface area contributed by atoms with Crippen molar-refractivity contribution in [2.45, 2.75) is 106 Å². The lowest BCUT2D eigenvalue weighted by atomic mass is 9.61. The van der Waals surface area contributed by atoms with Crippen LogP contribution in [0.3, 0.4) is 0 Å². The van der Waals surface area contributed by atoms with Crippen molar-refractivity contribution < 1.29 is 28.9 Å². The maximum atomic E-state index is 13.1. The van der Waals surface area contributed by atoms with E-state index in [9.17, 15) is 15.0 Å². The van der Waals surface area contributed by atoms with Crippen LogP contribution in [0.1, 0.15) is 93.1 Å². The average Bonchev–Trinajstić information content (AvgIpc) is 3.34. The molecule has 0 aliphatic heterocycles. The zero-order chi connectivity index (χ0) is 31.1. The van der Waals surface area contributed by atoms with Crippen molar-refractivity contribution >= 4 is 16.9 Å². The van der Waals surface area contributed by atoms with Gasteiger partial charge in [0.05, 0.1) is 30.8 Å². The van der Waals surface area contributed by atoms with Crippen LogP contribution in [0.2, 0.25) is 0 Å². The molecule has 0 aliphatic rings. The molecular weight excluding hydrogens is 528 g/mol. The molecule has 0 aliphatic carbocycles. The quantitative estimate of drug-likeness (QED) is 0.147. The fraction of sp³-hybridized carbons (Fsp3) is 0.583. The number of fused-ring (bicyclic) bond motifs is 1. The highest BCUT2D eigenvalue weighted by Crippen LogP contribution is 2.47. The highest BCUT2D eigenvalue weighted by atomic mass is 16.5. The van der Waals surface area contributed by atoms with Crippen LogP contribution in [0.5, 0.6) is 5.75 Å². The third-order valence-electron chi connectivity index (χ3n) is 8.38. The van der Waals surface area contributed by atoms with E-state index in [1.54, 1.807) is 0 Å². The maximum Gasteiger partial charge on any atom is 0.312 e. The van der Waals surface area contributed by atoms with Crippen molar-refractivity contribution in [3.63, 3.8) is 0 Å². The van der Waals surface area contributed by atoms with E-state index in [1.165, 1.54) is 5.56 Å². The zero-order valence-corrected chi connectivity index (χ0v) is 27.0. The van der Waals surface area contributed by atoms with Crippen molar-refractivity contribution in [3.8, 4) is 17.1 Å². The van der Waals surface area contributed by atoms with Crippen molar-refractivity contribution in [2.24, 2.45) is 16.2 Å². The fourth-order valence-electron chi connectivity index (χ4n) is 5.49. The lowest BCUT2D eigenvalue weighted by Gasteiger charge is -2.43. The molecule has 0 radical (unpaired) electrons. The van der Waals surface area contributed by atoms with Gasteiger partial charge in [-0.15, -0.1) is 0 Å². The van der Waals surface area contributed by atoms with Crippen LogP contribution < -0.4 is 4.74 Å². The minimum absolute atomic E-state index is 0.0126. The van der Waals surface area contributed by atoms with Crippen LogP contribution in [0, 0.1) is 16.2 Å². The Morgan fingerprint density at radius 2 is 1.52 bits per heavy atom. The van der Waals surface area contributed by atoms with E-state index < -0.39 is 17.6 Å². The molecule has 6 nitrogen and oxygen atoms in total. The van der Waals surface area contributed by atoms with E-state index in [0.29, 0.717) is 38.0 Å². The first-order valence-corrected chi connectivity index (χ1v) is 15.4. The summed E-state index contributed by atoms with van der Waals surface area (Å²) in [6.07, 6.45) is 1.77. The van der Waals surface area contributed by atoms with Gasteiger partial charge in [-0.1, -0.05) is 72.7 Å².